The molecule has 2 nitrogen and oxygen atoms in total. The van der Waals surface area contributed by atoms with E-state index in [1.54, 1.807) is 0 Å². The second-order valence-corrected chi connectivity index (χ2v) is 2.71. The van der Waals surface area contributed by atoms with E-state index < -0.39 is 24.6 Å². The number of nitrogens with one attached hydrogen (secondary N) is 1. The average Bonchev–Trinajstić information content (AvgIpc) is 1.97. The summed E-state index contributed by atoms with van der Waals surface area (Å²) in [6.07, 6.45) is -5.87. The van der Waals surface area contributed by atoms with E-state index in [-0.39, 0.29) is 5.57 Å². The van der Waals surface area contributed by atoms with Crippen LogP contribution in [0.15, 0.2) is 12.2 Å². The molecule has 0 fully saturated rings. The molecule has 0 aliphatic heterocycles. The molecule has 0 bridgehead atoms. The van der Waals surface area contributed by atoms with E-state index in [9.17, 15) is 26.7 Å². The molecule has 0 aliphatic carbocycles. The van der Waals surface area contributed by atoms with Gasteiger partial charge in [0.2, 0.25) is 0 Å². The van der Waals surface area contributed by atoms with Gasteiger partial charge >= 0.3 is 18.0 Å². The van der Waals surface area contributed by atoms with Crippen LogP contribution in [0.4, 0.5) is 22.0 Å². The number of carbonyl (C=O) groups excluding carboxylic acids is 1. The zero-order chi connectivity index (χ0) is 11.6. The molecule has 82 valence electrons. The van der Waals surface area contributed by atoms with E-state index in [0.717, 1.165) is 0 Å². The van der Waals surface area contributed by atoms with E-state index in [1.807, 2.05) is 0 Å². The van der Waals surface area contributed by atoms with E-state index in [0.29, 0.717) is 0 Å². The molecule has 0 saturated carbocycles. The van der Waals surface area contributed by atoms with Crippen molar-refractivity contribution in [2.75, 3.05) is 6.54 Å². The van der Waals surface area contributed by atoms with Crippen LogP contribution in [0.2, 0.25) is 0 Å². The first kappa shape index (κ1) is 12.9. The highest BCUT2D eigenvalue weighted by Gasteiger charge is 2.63. The molecule has 0 rings (SSSR count). The maximum absolute atomic E-state index is 12.2. The Kier molecular flexibility index (Phi) is 3.61. The monoisotopic (exact) mass is 217 g/mol. The van der Waals surface area contributed by atoms with E-state index >= 15 is 0 Å². The summed E-state index contributed by atoms with van der Waals surface area (Å²) in [6, 6.07) is 0. The minimum absolute atomic E-state index is 0.274. The third kappa shape index (κ3) is 2.97. The molecule has 0 aliphatic rings. The van der Waals surface area contributed by atoms with Gasteiger partial charge in [-0.3, -0.25) is 4.79 Å². The fourth-order valence-electron chi connectivity index (χ4n) is 0.471. The number of hydrogen-bond donors (Lipinski definition) is 1. The molecule has 0 aromatic carbocycles. The van der Waals surface area contributed by atoms with Crippen LogP contribution in [0.25, 0.3) is 0 Å². The summed E-state index contributed by atoms with van der Waals surface area (Å²) in [5, 5.41) is 1.42. The van der Waals surface area contributed by atoms with Gasteiger partial charge in [0, 0.05) is 6.54 Å². The number of amides is 1. The molecule has 0 radical (unpaired) electrons. The van der Waals surface area contributed by atoms with Crippen LogP contribution >= 0.6 is 0 Å². The summed E-state index contributed by atoms with van der Waals surface area (Å²) in [5.41, 5.74) is 0.274. The molecular formula is C7H8F5NO. The van der Waals surface area contributed by atoms with Crippen LogP contribution < -0.4 is 5.32 Å². The molecular weight excluding hydrogens is 209 g/mol. The Morgan fingerprint density at radius 3 is 2.00 bits per heavy atom. The summed E-state index contributed by atoms with van der Waals surface area (Å²) < 4.78 is 59.1. The van der Waals surface area contributed by atoms with E-state index in [4.69, 9.17) is 0 Å². The first-order chi connectivity index (χ1) is 6.09. The summed E-state index contributed by atoms with van der Waals surface area (Å²) in [7, 11) is 0. The molecule has 0 aromatic rings. The molecule has 1 amide bonds. The number of hydrogen-bond acceptors (Lipinski definition) is 1. The molecule has 0 atom stereocenters. The standard InChI is InChI=1S/C7H8F5NO/c1-4(2)3-13-5(14)6(8,9)7(10,11)12/h1,3H2,2H3,(H,13,14). The van der Waals surface area contributed by atoms with Gasteiger partial charge in [0.05, 0.1) is 0 Å². The number of carbonyl (C=O) groups is 1. The van der Waals surface area contributed by atoms with Crippen LogP contribution in [0.3, 0.4) is 0 Å². The Labute approximate surface area is 76.8 Å². The van der Waals surface area contributed by atoms with Gasteiger partial charge in [-0.25, -0.2) is 0 Å². The Morgan fingerprint density at radius 1 is 1.29 bits per heavy atom. The zero-order valence-electron chi connectivity index (χ0n) is 7.21. The van der Waals surface area contributed by atoms with Crippen LogP contribution in [0, 0.1) is 0 Å². The fourth-order valence-corrected chi connectivity index (χ4v) is 0.471. The summed E-state index contributed by atoms with van der Waals surface area (Å²) in [5.74, 6) is -7.73. The van der Waals surface area contributed by atoms with Gasteiger partial charge in [-0.05, 0) is 6.92 Å². The predicted molar refractivity (Wildman–Crippen MR) is 38.8 cm³/mol. The van der Waals surface area contributed by atoms with Gasteiger partial charge in [-0.15, -0.1) is 0 Å². The molecule has 0 aromatic heterocycles. The Balaban J connectivity index is 4.45. The average molecular weight is 217 g/mol. The van der Waals surface area contributed by atoms with Gasteiger partial charge in [0.15, 0.2) is 0 Å². The highest BCUT2D eigenvalue weighted by atomic mass is 19.4. The lowest BCUT2D eigenvalue weighted by Crippen LogP contribution is -2.50. The lowest BCUT2D eigenvalue weighted by molar-refractivity contribution is -0.269. The van der Waals surface area contributed by atoms with Gasteiger partial charge in [0.25, 0.3) is 0 Å². The minimum atomic E-state index is -5.87. The molecule has 1 N–H and O–H groups in total. The molecule has 0 spiro atoms. The van der Waals surface area contributed by atoms with E-state index in [1.165, 1.54) is 12.2 Å². The summed E-state index contributed by atoms with van der Waals surface area (Å²) >= 11 is 0. The summed E-state index contributed by atoms with van der Waals surface area (Å²) in [6.45, 7) is 4.20. The van der Waals surface area contributed by atoms with Gasteiger partial charge in [0.1, 0.15) is 0 Å². The second-order valence-electron chi connectivity index (χ2n) is 2.71. The van der Waals surface area contributed by atoms with Gasteiger partial charge in [-0.1, -0.05) is 12.2 Å². The Hall–Kier alpha value is -1.14. The largest absolute Gasteiger partial charge is 0.463 e. The van der Waals surface area contributed by atoms with Gasteiger partial charge < -0.3 is 5.32 Å². The normalized spacial score (nSPS) is 12.4. The predicted octanol–water partition coefficient (Wildman–Crippen LogP) is 1.88. The van der Waals surface area contributed by atoms with Crippen LogP contribution in [0.5, 0.6) is 0 Å². The molecule has 0 unspecified atom stereocenters. The van der Waals surface area contributed by atoms with Crippen molar-refractivity contribution in [3.63, 3.8) is 0 Å². The van der Waals surface area contributed by atoms with Crippen molar-refractivity contribution in [1.82, 2.24) is 5.32 Å². The van der Waals surface area contributed by atoms with Crippen LogP contribution in [0.1, 0.15) is 6.92 Å². The van der Waals surface area contributed by atoms with Crippen molar-refractivity contribution in [3.8, 4) is 0 Å². The molecule has 0 saturated heterocycles. The lowest BCUT2D eigenvalue weighted by atomic mass is 10.3. The Morgan fingerprint density at radius 2 is 1.71 bits per heavy atom. The molecule has 14 heavy (non-hydrogen) atoms. The number of alkyl halides is 5. The third-order valence-electron chi connectivity index (χ3n) is 1.19. The second kappa shape index (κ2) is 3.93. The van der Waals surface area contributed by atoms with Crippen molar-refractivity contribution >= 4 is 5.91 Å². The lowest BCUT2D eigenvalue weighted by Gasteiger charge is -2.18. The first-order valence-electron chi connectivity index (χ1n) is 3.46. The molecule has 7 heteroatoms. The third-order valence-corrected chi connectivity index (χ3v) is 1.19. The van der Waals surface area contributed by atoms with Crippen molar-refractivity contribution in [3.05, 3.63) is 12.2 Å². The zero-order valence-corrected chi connectivity index (χ0v) is 7.21. The number of halogens is 5. The van der Waals surface area contributed by atoms with Crippen LogP contribution in [-0.4, -0.2) is 24.6 Å². The molecule has 0 heterocycles. The summed E-state index contributed by atoms with van der Waals surface area (Å²) in [4.78, 5) is 10.4. The quantitative estimate of drug-likeness (QED) is 0.567. The SMILES string of the molecule is C=C(C)CNC(=O)C(F)(F)C(F)(F)F. The fraction of sp³-hybridized carbons (Fsp3) is 0.571. The van der Waals surface area contributed by atoms with Crippen LogP contribution in [-0.2, 0) is 4.79 Å². The Bertz CT molecular complexity index is 245. The van der Waals surface area contributed by atoms with Crippen molar-refractivity contribution in [2.45, 2.75) is 19.0 Å². The van der Waals surface area contributed by atoms with Crippen molar-refractivity contribution in [1.29, 1.82) is 0 Å². The topological polar surface area (TPSA) is 29.1 Å². The van der Waals surface area contributed by atoms with Crippen molar-refractivity contribution < 1.29 is 26.7 Å². The minimum Gasteiger partial charge on any atom is -0.347 e. The first-order valence-corrected chi connectivity index (χ1v) is 3.46. The highest BCUT2D eigenvalue weighted by molar-refractivity contribution is 5.84. The smallest absolute Gasteiger partial charge is 0.347 e. The number of rotatable bonds is 3. The maximum atomic E-state index is 12.2. The van der Waals surface area contributed by atoms with E-state index in [2.05, 4.69) is 6.58 Å². The van der Waals surface area contributed by atoms with Gasteiger partial charge in [-0.2, -0.15) is 22.0 Å². The van der Waals surface area contributed by atoms with Crippen molar-refractivity contribution in [2.24, 2.45) is 0 Å². The highest BCUT2D eigenvalue weighted by Crippen LogP contribution is 2.35. The maximum Gasteiger partial charge on any atom is 0.463 e.